The van der Waals surface area contributed by atoms with Crippen LogP contribution in [0.5, 0.6) is 0 Å². The van der Waals surface area contributed by atoms with Gasteiger partial charge in [-0.25, -0.2) is 4.57 Å². The summed E-state index contributed by atoms with van der Waals surface area (Å²) in [5.41, 5.74) is 0. The van der Waals surface area contributed by atoms with Gasteiger partial charge in [0.25, 0.3) is 0 Å². The summed E-state index contributed by atoms with van der Waals surface area (Å²) in [4.78, 5) is 44.8. The maximum atomic E-state index is 11.6. The maximum absolute atomic E-state index is 11.6. The summed E-state index contributed by atoms with van der Waals surface area (Å²) in [6.45, 7) is 11.3. The molecule has 0 saturated carbocycles. The number of carbonyl (C=O) groups is 2. The first-order valence-corrected chi connectivity index (χ1v) is 14.6. The normalized spacial score (nSPS) is 12.4. The van der Waals surface area contributed by atoms with Crippen LogP contribution in [0, 0.1) is 0 Å². The van der Waals surface area contributed by atoms with E-state index in [1.165, 1.54) is 37.8 Å². The van der Waals surface area contributed by atoms with Crippen molar-refractivity contribution in [1.29, 1.82) is 0 Å². The van der Waals surface area contributed by atoms with Crippen molar-refractivity contribution in [2.24, 2.45) is 0 Å². The number of phosphoric acid groups is 1. The molecule has 2 atom stereocenters. The molecule has 0 aromatic rings. The van der Waals surface area contributed by atoms with Crippen molar-refractivity contribution in [3.05, 3.63) is 25.3 Å². The predicted molar refractivity (Wildman–Crippen MR) is 118 cm³/mol. The fourth-order valence-electron chi connectivity index (χ4n) is 2.77. The van der Waals surface area contributed by atoms with Crippen molar-refractivity contribution in [2.75, 3.05) is 0 Å². The van der Waals surface area contributed by atoms with Gasteiger partial charge in [0.15, 0.2) is 0 Å². The molecule has 0 saturated heterocycles. The Kier molecular flexibility index (Phi) is 22.0. The van der Waals surface area contributed by atoms with E-state index in [0.29, 0.717) is 0 Å². The van der Waals surface area contributed by atoms with E-state index in [1.54, 1.807) is 0 Å². The van der Waals surface area contributed by atoms with Gasteiger partial charge in [-0.1, -0.05) is 0 Å². The van der Waals surface area contributed by atoms with E-state index < -0.39 is 41.7 Å². The van der Waals surface area contributed by atoms with Crippen molar-refractivity contribution < 1.29 is 38.3 Å². The van der Waals surface area contributed by atoms with E-state index in [9.17, 15) is 9.59 Å². The molecule has 30 heavy (non-hydrogen) atoms. The second-order valence-electron chi connectivity index (χ2n) is 6.97. The van der Waals surface area contributed by atoms with Crippen LogP contribution in [0.4, 0.5) is 0 Å². The molecule has 0 rings (SSSR count). The molecule has 2 unspecified atom stereocenters. The van der Waals surface area contributed by atoms with Crippen molar-refractivity contribution >= 4 is 53.6 Å². The van der Waals surface area contributed by atoms with Crippen LogP contribution in [0.2, 0.25) is 0 Å². The van der Waals surface area contributed by atoms with Crippen molar-refractivity contribution in [2.45, 2.75) is 82.5 Å². The summed E-state index contributed by atoms with van der Waals surface area (Å²) < 4.78 is 19.9. The Morgan fingerprint density at radius 2 is 1.17 bits per heavy atom. The predicted octanol–water partition coefficient (Wildman–Crippen LogP) is 3.81. The van der Waals surface area contributed by atoms with Gasteiger partial charge in [-0.3, -0.25) is 0 Å². The fraction of sp³-hybridized carbons (Fsp3) is 0.700. The number of hydrogen-bond donors (Lipinski definition) is 3. The van der Waals surface area contributed by atoms with Gasteiger partial charge < -0.3 is 14.7 Å². The standard InChI is InChI=1S/2C10H17O2.Ca.H3O4P/c2*1-3-5-6-7-8-9-12-10(11)4-2;;1-5(2,3)4/h2*4,9H,2-3,5-8H2,1H3;;(H3,1,2,3,4). The molecule has 8 nitrogen and oxygen atoms in total. The Hall–Kier alpha value is -0.210. The number of hydrogen-bond acceptors (Lipinski definition) is 5. The van der Waals surface area contributed by atoms with E-state index in [1.807, 2.05) is 0 Å². The van der Waals surface area contributed by atoms with E-state index in [-0.39, 0.29) is 16.3 Å². The Morgan fingerprint density at radius 3 is 1.43 bits per heavy atom. The monoisotopic (exact) mass is 476 g/mol. The smallest absolute Gasteiger partial charge is 0.303 e. The Balaban J connectivity index is 0. The van der Waals surface area contributed by atoms with E-state index in [0.717, 1.165) is 38.5 Å². The quantitative estimate of drug-likeness (QED) is 0.101. The van der Waals surface area contributed by atoms with Gasteiger partial charge >= 0.3 is 180 Å². The Morgan fingerprint density at radius 1 is 0.833 bits per heavy atom. The van der Waals surface area contributed by atoms with Crippen LogP contribution < -0.4 is 0 Å². The first kappa shape index (κ1) is 32.0. The average Bonchev–Trinajstić information content (AvgIpc) is 2.66. The van der Waals surface area contributed by atoms with Crippen molar-refractivity contribution in [1.82, 2.24) is 0 Å². The van der Waals surface area contributed by atoms with Crippen molar-refractivity contribution in [3.8, 4) is 0 Å². The zero-order chi connectivity index (χ0) is 23.4. The van der Waals surface area contributed by atoms with Gasteiger partial charge in [0.05, 0.1) is 0 Å². The van der Waals surface area contributed by atoms with E-state index in [4.69, 9.17) is 28.7 Å². The molecule has 0 aromatic heterocycles. The Labute approximate surface area is 198 Å². The number of ether oxygens (including phenoxy) is 2. The van der Waals surface area contributed by atoms with Gasteiger partial charge in [0.1, 0.15) is 0 Å². The third kappa shape index (κ3) is 25.8. The topological polar surface area (TPSA) is 130 Å². The van der Waals surface area contributed by atoms with Gasteiger partial charge in [0.2, 0.25) is 0 Å². The summed E-state index contributed by atoms with van der Waals surface area (Å²) in [6.07, 6.45) is 13.3. The third-order valence-electron chi connectivity index (χ3n) is 4.18. The second kappa shape index (κ2) is 20.7. The van der Waals surface area contributed by atoms with E-state index in [2.05, 4.69) is 27.0 Å². The largest absolute Gasteiger partial charge is 0.466 e. The molecule has 0 fully saturated rings. The molecule has 0 spiro atoms. The number of esters is 2. The molecule has 0 aliphatic carbocycles. The molecule has 0 aliphatic rings. The summed E-state index contributed by atoms with van der Waals surface area (Å²) in [5, 5.41) is 0. The van der Waals surface area contributed by atoms with Crippen LogP contribution in [0.25, 0.3) is 0 Å². The molecule has 10 heteroatoms. The summed E-state index contributed by atoms with van der Waals surface area (Å²) in [6, 6.07) is 0. The number of rotatable bonds is 16. The average molecular weight is 477 g/mol. The summed E-state index contributed by atoms with van der Waals surface area (Å²) in [7, 11) is -4.64. The summed E-state index contributed by atoms with van der Waals surface area (Å²) >= 11 is -1.42. The number of unbranched alkanes of at least 4 members (excludes halogenated alkanes) is 6. The molecule has 0 aromatic carbocycles. The molecule has 0 radical (unpaired) electrons. The molecular formula is C20H37CaO8P. The number of carbonyl (C=O) groups excluding carboxylic acids is 2. The molecule has 0 aliphatic heterocycles. The van der Waals surface area contributed by atoms with Crippen LogP contribution >= 0.6 is 7.82 Å². The van der Waals surface area contributed by atoms with Gasteiger partial charge in [-0.2, -0.15) is 0 Å². The van der Waals surface area contributed by atoms with Gasteiger partial charge in [-0.05, 0) is 0 Å². The first-order chi connectivity index (χ1) is 14.1. The minimum absolute atomic E-state index is 0.0522. The molecule has 172 valence electrons. The first-order valence-electron chi connectivity index (χ1n) is 10.5. The zero-order valence-electron chi connectivity index (χ0n) is 18.3. The van der Waals surface area contributed by atoms with Crippen LogP contribution in [0.15, 0.2) is 25.3 Å². The van der Waals surface area contributed by atoms with Gasteiger partial charge in [-0.15, -0.1) is 0 Å². The zero-order valence-corrected chi connectivity index (χ0v) is 21.4. The fourth-order valence-corrected chi connectivity index (χ4v) is 6.13. The Bertz CT molecular complexity index is 491. The minimum Gasteiger partial charge on any atom is -0.303 e. The second-order valence-corrected chi connectivity index (χ2v) is 11.6. The van der Waals surface area contributed by atoms with E-state index >= 15 is 0 Å². The van der Waals surface area contributed by atoms with Crippen LogP contribution in [-0.4, -0.2) is 64.9 Å². The minimum atomic E-state index is -4.64. The summed E-state index contributed by atoms with van der Waals surface area (Å²) in [5.74, 6) is -0.739. The maximum Gasteiger partial charge on any atom is 0.466 e. The van der Waals surface area contributed by atoms with Gasteiger partial charge in [0, 0.05) is 0 Å². The SMILES string of the molecule is C=CC(=O)O[CH](CCCCCC)[Ca][CH](CCCCCC)OC(=O)C=C.O=P(O)(O)O. The third-order valence-corrected chi connectivity index (χ3v) is 7.62. The van der Waals surface area contributed by atoms with Crippen molar-refractivity contribution in [3.63, 3.8) is 0 Å². The molecule has 0 amide bonds. The molecule has 0 heterocycles. The molecular weight excluding hydrogens is 439 g/mol. The van der Waals surface area contributed by atoms with Crippen LogP contribution in [0.1, 0.15) is 78.1 Å². The van der Waals surface area contributed by atoms with Crippen LogP contribution in [-0.2, 0) is 23.6 Å². The molecule has 0 bridgehead atoms. The molecule has 3 N–H and O–H groups in total. The van der Waals surface area contributed by atoms with Crippen LogP contribution in [0.3, 0.4) is 0 Å².